The van der Waals surface area contributed by atoms with Crippen LogP contribution in [0.4, 0.5) is 17.1 Å². The summed E-state index contributed by atoms with van der Waals surface area (Å²) in [6.45, 7) is 0. The Balaban J connectivity index is 2.29. The van der Waals surface area contributed by atoms with Crippen molar-refractivity contribution in [1.29, 1.82) is 0 Å². The number of benzene rings is 2. The van der Waals surface area contributed by atoms with E-state index in [1.807, 2.05) is 0 Å². The average molecular weight is 321 g/mol. The molecule has 0 saturated heterocycles. The lowest BCUT2D eigenvalue weighted by molar-refractivity contribution is 0.102. The molecule has 0 radical (unpaired) electrons. The zero-order valence-corrected chi connectivity index (χ0v) is 12.5. The lowest BCUT2D eigenvalue weighted by Gasteiger charge is -2.10. The number of anilines is 3. The van der Waals surface area contributed by atoms with Gasteiger partial charge in [-0.2, -0.15) is 8.42 Å². The number of nitrogen functional groups attached to an aromatic ring is 1. The number of hydrogen-bond donors (Lipinski definition) is 4. The van der Waals surface area contributed by atoms with Crippen LogP contribution >= 0.6 is 0 Å². The van der Waals surface area contributed by atoms with Gasteiger partial charge in [-0.15, -0.1) is 0 Å². The maximum Gasteiger partial charge on any atom is 0.296 e. The van der Waals surface area contributed by atoms with Crippen molar-refractivity contribution >= 4 is 33.1 Å². The minimum absolute atomic E-state index is 0.174. The number of carbonyl (C=O) groups excluding carboxylic acids is 1. The molecule has 0 aromatic heterocycles. The van der Waals surface area contributed by atoms with Gasteiger partial charge in [0.05, 0.1) is 5.69 Å². The summed E-state index contributed by atoms with van der Waals surface area (Å²) in [6, 6.07) is 10.5. The van der Waals surface area contributed by atoms with Crippen molar-refractivity contribution in [2.75, 3.05) is 23.4 Å². The van der Waals surface area contributed by atoms with Crippen LogP contribution in [0.3, 0.4) is 0 Å². The summed E-state index contributed by atoms with van der Waals surface area (Å²) >= 11 is 0. The molecule has 2 aromatic rings. The molecule has 5 N–H and O–H groups in total. The zero-order valence-electron chi connectivity index (χ0n) is 11.7. The topological polar surface area (TPSA) is 122 Å². The lowest BCUT2D eigenvalue weighted by atomic mass is 10.2. The second kappa shape index (κ2) is 6.04. The Morgan fingerprint density at radius 1 is 1.18 bits per heavy atom. The predicted octanol–water partition coefficient (Wildman–Crippen LogP) is 1.81. The van der Waals surface area contributed by atoms with Gasteiger partial charge in [-0.05, 0) is 36.4 Å². The number of amides is 1. The number of hydrogen-bond acceptors (Lipinski definition) is 5. The van der Waals surface area contributed by atoms with Crippen LogP contribution in [0.15, 0.2) is 47.4 Å². The highest BCUT2D eigenvalue weighted by Gasteiger charge is 2.16. The average Bonchev–Trinajstić information content (AvgIpc) is 2.46. The van der Waals surface area contributed by atoms with E-state index in [0.717, 1.165) is 0 Å². The standard InChI is InChI=1S/C14H15N3O4S/c1-16-12-8-11(5-6-13(12)22(19,20)21)17-14(18)9-3-2-4-10(15)7-9/h2-8,16H,15H2,1H3,(H,17,18)(H,19,20,21). The van der Waals surface area contributed by atoms with Crippen LogP contribution < -0.4 is 16.4 Å². The molecule has 0 aliphatic carbocycles. The molecule has 0 saturated carbocycles. The lowest BCUT2D eigenvalue weighted by Crippen LogP contribution is -2.13. The van der Waals surface area contributed by atoms with Crippen molar-refractivity contribution in [3.05, 3.63) is 48.0 Å². The first kappa shape index (κ1) is 15.8. The summed E-state index contributed by atoms with van der Waals surface area (Å²) < 4.78 is 31.6. The quantitative estimate of drug-likeness (QED) is 0.503. The van der Waals surface area contributed by atoms with E-state index in [1.165, 1.54) is 31.3 Å². The second-order valence-electron chi connectivity index (χ2n) is 4.52. The van der Waals surface area contributed by atoms with Gasteiger partial charge in [0, 0.05) is 24.0 Å². The fourth-order valence-corrected chi connectivity index (χ4v) is 2.59. The number of carbonyl (C=O) groups is 1. The molecule has 0 aliphatic heterocycles. The summed E-state index contributed by atoms with van der Waals surface area (Å²) in [6.07, 6.45) is 0. The molecular weight excluding hydrogens is 306 g/mol. The van der Waals surface area contributed by atoms with Crippen molar-refractivity contribution < 1.29 is 17.8 Å². The van der Waals surface area contributed by atoms with E-state index >= 15 is 0 Å². The van der Waals surface area contributed by atoms with Crippen LogP contribution in [0.1, 0.15) is 10.4 Å². The van der Waals surface area contributed by atoms with Gasteiger partial charge < -0.3 is 16.4 Å². The highest BCUT2D eigenvalue weighted by Crippen LogP contribution is 2.25. The van der Waals surface area contributed by atoms with Crippen molar-refractivity contribution in [1.82, 2.24) is 0 Å². The highest BCUT2D eigenvalue weighted by atomic mass is 32.2. The van der Waals surface area contributed by atoms with Crippen LogP contribution in [0.5, 0.6) is 0 Å². The van der Waals surface area contributed by atoms with E-state index in [2.05, 4.69) is 10.6 Å². The molecule has 1 amide bonds. The summed E-state index contributed by atoms with van der Waals surface area (Å²) in [7, 11) is -2.83. The Labute approximate surface area is 127 Å². The first-order valence-corrected chi connectivity index (χ1v) is 7.71. The Morgan fingerprint density at radius 2 is 1.91 bits per heavy atom. The van der Waals surface area contributed by atoms with Gasteiger partial charge in [0.2, 0.25) is 0 Å². The Bertz CT molecular complexity index is 819. The van der Waals surface area contributed by atoms with Gasteiger partial charge in [0.25, 0.3) is 16.0 Å². The maximum absolute atomic E-state index is 12.1. The molecule has 22 heavy (non-hydrogen) atoms. The van der Waals surface area contributed by atoms with E-state index in [4.69, 9.17) is 10.3 Å². The summed E-state index contributed by atoms with van der Waals surface area (Å²) in [4.78, 5) is 11.8. The van der Waals surface area contributed by atoms with Gasteiger partial charge in [0.15, 0.2) is 0 Å². The van der Waals surface area contributed by atoms with Crippen LogP contribution in [-0.4, -0.2) is 25.9 Å². The monoisotopic (exact) mass is 321 g/mol. The van der Waals surface area contributed by atoms with Crippen LogP contribution in [0.25, 0.3) is 0 Å². The molecule has 0 atom stereocenters. The van der Waals surface area contributed by atoms with Gasteiger partial charge in [-0.1, -0.05) is 6.07 Å². The van der Waals surface area contributed by atoms with E-state index in [1.54, 1.807) is 18.2 Å². The van der Waals surface area contributed by atoms with E-state index in [0.29, 0.717) is 16.9 Å². The first-order chi connectivity index (χ1) is 10.3. The predicted molar refractivity (Wildman–Crippen MR) is 84.6 cm³/mol. The third kappa shape index (κ3) is 3.54. The molecule has 0 heterocycles. The molecule has 0 bridgehead atoms. The van der Waals surface area contributed by atoms with Gasteiger partial charge in [-0.3, -0.25) is 9.35 Å². The minimum Gasteiger partial charge on any atom is -0.399 e. The van der Waals surface area contributed by atoms with E-state index < -0.39 is 10.1 Å². The molecule has 0 spiro atoms. The van der Waals surface area contributed by atoms with Crippen molar-refractivity contribution in [2.45, 2.75) is 4.90 Å². The number of nitrogens with one attached hydrogen (secondary N) is 2. The van der Waals surface area contributed by atoms with Gasteiger partial charge in [-0.25, -0.2) is 0 Å². The van der Waals surface area contributed by atoms with E-state index in [-0.39, 0.29) is 16.5 Å². The van der Waals surface area contributed by atoms with Gasteiger partial charge in [0.1, 0.15) is 4.90 Å². The van der Waals surface area contributed by atoms with Crippen LogP contribution in [-0.2, 0) is 10.1 Å². The Hall–Kier alpha value is -2.58. The maximum atomic E-state index is 12.1. The largest absolute Gasteiger partial charge is 0.399 e. The van der Waals surface area contributed by atoms with Crippen molar-refractivity contribution in [3.8, 4) is 0 Å². The molecule has 2 rings (SSSR count). The second-order valence-corrected chi connectivity index (χ2v) is 5.91. The fraction of sp³-hybridized carbons (Fsp3) is 0.0714. The molecule has 7 nitrogen and oxygen atoms in total. The number of nitrogens with two attached hydrogens (primary N) is 1. The molecule has 2 aromatic carbocycles. The Kier molecular flexibility index (Phi) is 4.34. The van der Waals surface area contributed by atoms with Crippen molar-refractivity contribution in [3.63, 3.8) is 0 Å². The highest BCUT2D eigenvalue weighted by molar-refractivity contribution is 7.86. The third-order valence-electron chi connectivity index (χ3n) is 2.93. The van der Waals surface area contributed by atoms with E-state index in [9.17, 15) is 13.2 Å². The van der Waals surface area contributed by atoms with Crippen molar-refractivity contribution in [2.24, 2.45) is 0 Å². The molecular formula is C14H15N3O4S. The van der Waals surface area contributed by atoms with Gasteiger partial charge >= 0.3 is 0 Å². The summed E-state index contributed by atoms with van der Waals surface area (Å²) in [5.41, 5.74) is 7.01. The third-order valence-corrected chi connectivity index (χ3v) is 3.85. The normalized spacial score (nSPS) is 11.0. The van der Waals surface area contributed by atoms with Crippen LogP contribution in [0.2, 0.25) is 0 Å². The summed E-state index contributed by atoms with van der Waals surface area (Å²) in [5, 5.41) is 5.28. The number of rotatable bonds is 4. The fourth-order valence-electron chi connectivity index (χ4n) is 1.91. The molecule has 116 valence electrons. The molecule has 0 unspecified atom stereocenters. The SMILES string of the molecule is CNc1cc(NC(=O)c2cccc(N)c2)ccc1S(=O)(=O)O. The van der Waals surface area contributed by atoms with Crippen LogP contribution in [0, 0.1) is 0 Å². The minimum atomic E-state index is -4.34. The zero-order chi connectivity index (χ0) is 16.3. The Morgan fingerprint density at radius 3 is 2.50 bits per heavy atom. The molecule has 8 heteroatoms. The smallest absolute Gasteiger partial charge is 0.296 e. The first-order valence-electron chi connectivity index (χ1n) is 6.27. The summed E-state index contributed by atoms with van der Waals surface area (Å²) in [5.74, 6) is -0.381. The molecule has 0 aliphatic rings. The molecule has 0 fully saturated rings.